The van der Waals surface area contributed by atoms with Gasteiger partial charge in [-0.15, -0.1) is 64.2 Å². The Morgan fingerprint density at radius 1 is 0.576 bits per heavy atom. The smallest absolute Gasteiger partial charge is 0.0259 e. The van der Waals surface area contributed by atoms with Crippen molar-refractivity contribution in [2.24, 2.45) is 0 Å². The second kappa shape index (κ2) is 12.1. The fourth-order valence-electron chi connectivity index (χ4n) is 3.97. The van der Waals surface area contributed by atoms with Crippen LogP contribution < -0.4 is 0 Å². The number of hydrogen-bond donors (Lipinski definition) is 0. The molecule has 0 nitrogen and oxygen atoms in total. The van der Waals surface area contributed by atoms with Gasteiger partial charge in [-0.3, -0.25) is 0 Å². The Hall–Kier alpha value is -2.44. The molecule has 0 saturated heterocycles. The zero-order chi connectivity index (χ0) is 22.9. The third kappa shape index (κ3) is 6.12. The molecule has 6 rings (SSSR count). The van der Waals surface area contributed by atoms with E-state index in [2.05, 4.69) is 133 Å². The standard InChI is InChI=1S/C21H15.C9H7.2ClH.Zr/c1-3-8-16(9-4-1)19-14-18-12-7-13-20(21(18)15-19)17-10-5-2-6-11-17;1-2-5-9-7-3-6-8(9)4-1;;;/h1-15H;1-7H;2*1H;/q2*-1;;;+4/p-2. The first-order chi connectivity index (χ1) is 16.3. The number of hydrogen-bond acceptors (Lipinski definition) is 0. The minimum Gasteiger partial charge on any atom is -0.168 e. The maximum atomic E-state index is 4.93. The topological polar surface area (TPSA) is 0 Å². The van der Waals surface area contributed by atoms with Crippen molar-refractivity contribution >= 4 is 38.6 Å². The second-order valence-electron chi connectivity index (χ2n) is 7.51. The monoisotopic (exact) mass is 542 g/mol. The molecule has 0 atom stereocenters. The van der Waals surface area contributed by atoms with E-state index in [0.717, 1.165) is 0 Å². The van der Waals surface area contributed by atoms with Crippen LogP contribution in [0.5, 0.6) is 0 Å². The Kier molecular flexibility index (Phi) is 8.73. The summed E-state index contributed by atoms with van der Waals surface area (Å²) in [6, 6.07) is 46.9. The summed E-state index contributed by atoms with van der Waals surface area (Å²) in [6.07, 6.45) is 0. The average Bonchev–Trinajstić information content (AvgIpc) is 3.53. The summed E-state index contributed by atoms with van der Waals surface area (Å²) in [6.45, 7) is 0. The molecule has 3 heteroatoms. The third-order valence-corrected chi connectivity index (χ3v) is 5.49. The summed E-state index contributed by atoms with van der Waals surface area (Å²) in [4.78, 5) is 0. The van der Waals surface area contributed by atoms with Gasteiger partial charge < -0.3 is 0 Å². The van der Waals surface area contributed by atoms with Crippen molar-refractivity contribution in [3.8, 4) is 22.3 Å². The summed E-state index contributed by atoms with van der Waals surface area (Å²) >= 11 is -0.826. The molecule has 0 saturated carbocycles. The van der Waals surface area contributed by atoms with Crippen molar-refractivity contribution in [2.45, 2.75) is 0 Å². The fourth-order valence-corrected chi connectivity index (χ4v) is 3.97. The van der Waals surface area contributed by atoms with Crippen molar-refractivity contribution in [3.05, 3.63) is 133 Å². The van der Waals surface area contributed by atoms with Crippen molar-refractivity contribution in [3.63, 3.8) is 0 Å². The Morgan fingerprint density at radius 3 is 1.88 bits per heavy atom. The predicted molar refractivity (Wildman–Crippen MR) is 142 cm³/mol. The van der Waals surface area contributed by atoms with E-state index in [0.29, 0.717) is 0 Å². The molecule has 0 aromatic heterocycles. The van der Waals surface area contributed by atoms with Crippen LogP contribution in [-0.4, -0.2) is 0 Å². The van der Waals surface area contributed by atoms with Crippen LogP contribution in [0.15, 0.2) is 133 Å². The van der Waals surface area contributed by atoms with Crippen molar-refractivity contribution in [1.82, 2.24) is 0 Å². The maximum Gasteiger partial charge on any atom is -0.0259 e. The Morgan fingerprint density at radius 2 is 1.18 bits per heavy atom. The van der Waals surface area contributed by atoms with Crippen LogP contribution in [0.2, 0.25) is 0 Å². The van der Waals surface area contributed by atoms with E-state index in [-0.39, 0.29) is 0 Å². The molecule has 0 spiro atoms. The molecule has 0 fully saturated rings. The fraction of sp³-hybridized carbons (Fsp3) is 0. The minimum absolute atomic E-state index is 0.826. The van der Waals surface area contributed by atoms with Gasteiger partial charge in [-0.1, -0.05) is 90.0 Å². The maximum absolute atomic E-state index is 4.93. The van der Waals surface area contributed by atoms with Crippen molar-refractivity contribution in [2.75, 3.05) is 0 Å². The van der Waals surface area contributed by atoms with E-state index in [4.69, 9.17) is 17.0 Å². The summed E-state index contributed by atoms with van der Waals surface area (Å²) in [5.41, 5.74) is 5.13. The minimum atomic E-state index is -0.826. The Bertz CT molecular complexity index is 1370. The average molecular weight is 545 g/mol. The molecule has 0 aliphatic rings. The first kappa shape index (κ1) is 23.7. The number of benzene rings is 4. The van der Waals surface area contributed by atoms with Gasteiger partial charge in [0.2, 0.25) is 0 Å². The molecule has 0 aliphatic carbocycles. The number of fused-ring (bicyclic) bond motifs is 2. The van der Waals surface area contributed by atoms with Crippen molar-refractivity contribution in [1.29, 1.82) is 0 Å². The molecule has 0 bridgehead atoms. The zero-order valence-electron chi connectivity index (χ0n) is 18.0. The van der Waals surface area contributed by atoms with Crippen molar-refractivity contribution < 1.29 is 20.8 Å². The Balaban J connectivity index is 0.000000179. The van der Waals surface area contributed by atoms with Gasteiger partial charge in [-0.25, -0.2) is 0 Å². The van der Waals surface area contributed by atoms with Gasteiger partial charge in [0.05, 0.1) is 0 Å². The Labute approximate surface area is 213 Å². The number of halogens is 2. The molecule has 0 radical (unpaired) electrons. The van der Waals surface area contributed by atoms with E-state index in [1.165, 1.54) is 43.8 Å². The zero-order valence-corrected chi connectivity index (χ0v) is 21.9. The molecule has 33 heavy (non-hydrogen) atoms. The van der Waals surface area contributed by atoms with Gasteiger partial charge >= 0.3 is 37.9 Å². The van der Waals surface area contributed by atoms with Crippen LogP contribution in [-0.2, 0) is 20.8 Å². The summed E-state index contributed by atoms with van der Waals surface area (Å²) in [5, 5.41) is 5.28. The van der Waals surface area contributed by atoms with Gasteiger partial charge in [0.25, 0.3) is 0 Å². The van der Waals surface area contributed by atoms with Crippen LogP contribution in [0, 0.1) is 0 Å². The SMILES string of the molecule is [Cl][Zr+2][Cl].c1ccc(-c2cc3c(-c4ccccc4)cccc3[cH-]2)cc1.c1ccc2[cH-]ccc2c1. The summed E-state index contributed by atoms with van der Waals surface area (Å²) < 4.78 is 0. The predicted octanol–water partition coefficient (Wildman–Crippen LogP) is 9.83. The van der Waals surface area contributed by atoms with E-state index in [1.54, 1.807) is 0 Å². The molecule has 0 N–H and O–H groups in total. The molecule has 6 aromatic rings. The van der Waals surface area contributed by atoms with Gasteiger partial charge in [-0.2, -0.15) is 17.5 Å². The van der Waals surface area contributed by atoms with E-state index in [9.17, 15) is 0 Å². The third-order valence-electron chi connectivity index (χ3n) is 5.49. The molecule has 0 aliphatic heterocycles. The van der Waals surface area contributed by atoms with Gasteiger partial charge in [0.1, 0.15) is 0 Å². The van der Waals surface area contributed by atoms with E-state index >= 15 is 0 Å². The van der Waals surface area contributed by atoms with Crippen LogP contribution in [0.4, 0.5) is 0 Å². The molecule has 0 amide bonds. The molecule has 0 unspecified atom stereocenters. The van der Waals surface area contributed by atoms with Gasteiger partial charge in [-0.05, 0) is 5.56 Å². The van der Waals surface area contributed by atoms with Crippen LogP contribution in [0.3, 0.4) is 0 Å². The number of rotatable bonds is 2. The summed E-state index contributed by atoms with van der Waals surface area (Å²) in [7, 11) is 9.87. The summed E-state index contributed by atoms with van der Waals surface area (Å²) in [5.74, 6) is 0. The van der Waals surface area contributed by atoms with Gasteiger partial charge in [0.15, 0.2) is 0 Å². The largest absolute Gasteiger partial charge is 0.168 e. The van der Waals surface area contributed by atoms with Crippen LogP contribution >= 0.6 is 17.0 Å². The quantitative estimate of drug-likeness (QED) is 0.190. The normalized spacial score (nSPS) is 10.0. The molecular weight excluding hydrogens is 522 g/mol. The first-order valence-electron chi connectivity index (χ1n) is 10.7. The first-order valence-corrected chi connectivity index (χ1v) is 17.0. The van der Waals surface area contributed by atoms with Gasteiger partial charge in [0, 0.05) is 0 Å². The molecule has 160 valence electrons. The second-order valence-corrected chi connectivity index (χ2v) is 11.2. The van der Waals surface area contributed by atoms with Crippen LogP contribution in [0.1, 0.15) is 0 Å². The molecule has 0 heterocycles. The molecular formula is C30H22Cl2Zr. The van der Waals surface area contributed by atoms with Crippen LogP contribution in [0.25, 0.3) is 43.8 Å². The van der Waals surface area contributed by atoms with E-state index in [1.807, 2.05) is 0 Å². The molecule has 6 aromatic carbocycles. The van der Waals surface area contributed by atoms with E-state index < -0.39 is 20.8 Å².